The predicted octanol–water partition coefficient (Wildman–Crippen LogP) is 3.56. The summed E-state index contributed by atoms with van der Waals surface area (Å²) in [7, 11) is 0. The van der Waals surface area contributed by atoms with Crippen molar-refractivity contribution in [3.8, 4) is 0 Å². The third-order valence-corrected chi connectivity index (χ3v) is 2.16. The molecule has 4 heteroatoms. The summed E-state index contributed by atoms with van der Waals surface area (Å²) in [4.78, 5) is 9.09. The average Bonchev–Trinajstić information content (AvgIpc) is 2.22. The Balaban J connectivity index is 2.17. The van der Waals surface area contributed by atoms with E-state index < -0.39 is 0 Å². The molecule has 0 aliphatic carbocycles. The normalized spacial score (nSPS) is 20.6. The lowest BCUT2D eigenvalue weighted by molar-refractivity contribution is -0.257. The summed E-state index contributed by atoms with van der Waals surface area (Å²) in [5.41, 5.74) is 0. The average molecular weight is 198 g/mol. The fraction of sp³-hybridized carbons (Fsp3) is 0.800. The largest absolute Gasteiger partial charge is 0.274 e. The first-order valence-corrected chi connectivity index (χ1v) is 5.34. The van der Waals surface area contributed by atoms with Crippen LogP contribution in [0, 0.1) is 0 Å². The van der Waals surface area contributed by atoms with Gasteiger partial charge in [-0.25, -0.2) is 0 Å². The maximum absolute atomic E-state index is 4.64. The molecule has 1 aliphatic rings. The van der Waals surface area contributed by atoms with Crippen LogP contribution in [0.4, 0.5) is 0 Å². The minimum absolute atomic E-state index is 0.729. The zero-order valence-electron chi connectivity index (χ0n) is 8.52. The van der Waals surface area contributed by atoms with Gasteiger partial charge in [-0.15, -0.1) is 10.1 Å². The van der Waals surface area contributed by atoms with Gasteiger partial charge in [-0.3, -0.25) is 4.89 Å². The fourth-order valence-corrected chi connectivity index (χ4v) is 1.37. The molecule has 0 fully saturated rings. The Morgan fingerprint density at radius 3 is 2.64 bits per heavy atom. The van der Waals surface area contributed by atoms with Crippen LogP contribution in [0.15, 0.2) is 22.7 Å². The summed E-state index contributed by atoms with van der Waals surface area (Å²) >= 11 is 0. The summed E-state index contributed by atoms with van der Waals surface area (Å²) in [5.74, 6) is 0. The third kappa shape index (κ3) is 6.46. The second kappa shape index (κ2) is 8.53. The number of hydrogen-bond acceptors (Lipinski definition) is 4. The van der Waals surface area contributed by atoms with Crippen molar-refractivity contribution in [1.82, 2.24) is 0 Å². The van der Waals surface area contributed by atoms with Crippen LogP contribution in [0.5, 0.6) is 0 Å². The molecule has 0 aromatic carbocycles. The van der Waals surface area contributed by atoms with Crippen LogP contribution in [0.1, 0.15) is 44.9 Å². The van der Waals surface area contributed by atoms with E-state index in [0.29, 0.717) is 0 Å². The summed E-state index contributed by atoms with van der Waals surface area (Å²) in [5, 5.41) is 7.21. The van der Waals surface area contributed by atoms with E-state index in [-0.39, 0.29) is 0 Å². The first kappa shape index (κ1) is 11.0. The van der Waals surface area contributed by atoms with E-state index >= 15 is 0 Å². The molecule has 0 amide bonds. The van der Waals surface area contributed by atoms with Crippen LogP contribution in [-0.2, 0) is 9.88 Å². The topological polar surface area (TPSA) is 43.2 Å². The molecule has 80 valence electrons. The summed E-state index contributed by atoms with van der Waals surface area (Å²) in [6, 6.07) is 0. The third-order valence-electron chi connectivity index (χ3n) is 2.16. The van der Waals surface area contributed by atoms with E-state index in [9.17, 15) is 0 Å². The predicted molar refractivity (Wildman–Crippen MR) is 53.4 cm³/mol. The van der Waals surface area contributed by atoms with Crippen molar-refractivity contribution in [2.24, 2.45) is 10.4 Å². The van der Waals surface area contributed by atoms with Gasteiger partial charge in [0.2, 0.25) is 0 Å². The lowest BCUT2D eigenvalue weighted by atomic mass is 10.1. The fourth-order valence-electron chi connectivity index (χ4n) is 1.37. The summed E-state index contributed by atoms with van der Waals surface area (Å²) in [6.45, 7) is 0.729. The highest BCUT2D eigenvalue weighted by molar-refractivity contribution is 4.71. The van der Waals surface area contributed by atoms with Crippen molar-refractivity contribution in [2.75, 3.05) is 6.54 Å². The van der Waals surface area contributed by atoms with Crippen LogP contribution < -0.4 is 0 Å². The van der Waals surface area contributed by atoms with Gasteiger partial charge in [0.1, 0.15) is 6.26 Å². The molecule has 0 saturated carbocycles. The molecule has 0 aromatic rings. The molecule has 1 rings (SSSR count). The molecule has 0 bridgehead atoms. The zero-order chi connectivity index (χ0) is 9.90. The second-order valence-corrected chi connectivity index (χ2v) is 3.40. The second-order valence-electron chi connectivity index (χ2n) is 3.40. The van der Waals surface area contributed by atoms with Crippen molar-refractivity contribution >= 4 is 0 Å². The van der Waals surface area contributed by atoms with Crippen LogP contribution in [0.2, 0.25) is 0 Å². The van der Waals surface area contributed by atoms with Crippen molar-refractivity contribution in [1.29, 1.82) is 0 Å². The first-order valence-electron chi connectivity index (χ1n) is 5.34. The molecule has 0 spiro atoms. The highest BCUT2D eigenvalue weighted by atomic mass is 17.3. The quantitative estimate of drug-likeness (QED) is 0.558. The molecular formula is C10H18N2O2. The van der Waals surface area contributed by atoms with Gasteiger partial charge in [0.15, 0.2) is 0 Å². The van der Waals surface area contributed by atoms with Gasteiger partial charge >= 0.3 is 0 Å². The van der Waals surface area contributed by atoms with Gasteiger partial charge in [0, 0.05) is 0 Å². The Morgan fingerprint density at radius 1 is 0.929 bits per heavy atom. The van der Waals surface area contributed by atoms with E-state index in [4.69, 9.17) is 0 Å². The van der Waals surface area contributed by atoms with Gasteiger partial charge in [-0.1, -0.05) is 25.7 Å². The number of hydrogen-bond donors (Lipinski definition) is 0. The molecular weight excluding hydrogens is 180 g/mol. The first-order chi connectivity index (χ1) is 7.00. The monoisotopic (exact) mass is 198 g/mol. The number of nitrogens with zero attached hydrogens (tertiary/aromatic N) is 2. The Hall–Kier alpha value is -1.06. The van der Waals surface area contributed by atoms with E-state index in [2.05, 4.69) is 20.3 Å². The number of allylic oxidation sites excluding steroid dienone is 1. The molecule has 14 heavy (non-hydrogen) atoms. The molecule has 0 N–H and O–H groups in total. The lowest BCUT2D eigenvalue weighted by Gasteiger charge is -1.99. The van der Waals surface area contributed by atoms with Gasteiger partial charge < -0.3 is 0 Å². The van der Waals surface area contributed by atoms with E-state index in [0.717, 1.165) is 19.4 Å². The molecule has 0 aromatic heterocycles. The SMILES string of the molecule is C1=COON=NCCCCCCCC1. The molecule has 0 radical (unpaired) electrons. The van der Waals surface area contributed by atoms with Crippen molar-refractivity contribution in [3.05, 3.63) is 12.3 Å². The Morgan fingerprint density at radius 2 is 1.71 bits per heavy atom. The molecule has 0 atom stereocenters. The summed E-state index contributed by atoms with van der Waals surface area (Å²) in [6.07, 6.45) is 12.0. The molecule has 0 unspecified atom stereocenters. The van der Waals surface area contributed by atoms with Crippen molar-refractivity contribution in [3.63, 3.8) is 0 Å². The van der Waals surface area contributed by atoms with Gasteiger partial charge in [-0.2, -0.15) is 0 Å². The van der Waals surface area contributed by atoms with E-state index in [1.54, 1.807) is 0 Å². The standard InChI is InChI=1S/C10H18N2O2/c1-2-4-6-8-10-13-14-12-11-9-7-5-3-1/h8,10H,1-7,9H2. The Kier molecular flexibility index (Phi) is 6.72. The van der Waals surface area contributed by atoms with Gasteiger partial charge in [0.25, 0.3) is 0 Å². The lowest BCUT2D eigenvalue weighted by Crippen LogP contribution is -1.85. The molecule has 4 nitrogen and oxygen atoms in total. The highest BCUT2D eigenvalue weighted by Gasteiger charge is 1.91. The van der Waals surface area contributed by atoms with E-state index in [1.165, 1.54) is 38.4 Å². The number of rotatable bonds is 0. The maximum Gasteiger partial charge on any atom is 0.141 e. The van der Waals surface area contributed by atoms with Crippen LogP contribution in [-0.4, -0.2) is 6.54 Å². The molecule has 1 aliphatic heterocycles. The highest BCUT2D eigenvalue weighted by Crippen LogP contribution is 2.08. The van der Waals surface area contributed by atoms with Gasteiger partial charge in [-0.05, 0) is 25.3 Å². The van der Waals surface area contributed by atoms with E-state index in [1.807, 2.05) is 6.08 Å². The minimum Gasteiger partial charge on any atom is -0.274 e. The minimum atomic E-state index is 0.729. The van der Waals surface area contributed by atoms with Crippen molar-refractivity contribution in [2.45, 2.75) is 44.9 Å². The molecule has 0 saturated heterocycles. The summed E-state index contributed by atoms with van der Waals surface area (Å²) < 4.78 is 0. The Labute approximate surface area is 84.9 Å². The van der Waals surface area contributed by atoms with Crippen molar-refractivity contribution < 1.29 is 9.88 Å². The maximum atomic E-state index is 4.64. The van der Waals surface area contributed by atoms with Gasteiger partial charge in [0.05, 0.1) is 11.8 Å². The van der Waals surface area contributed by atoms with Crippen LogP contribution in [0.3, 0.4) is 0 Å². The zero-order valence-corrected chi connectivity index (χ0v) is 8.52. The van der Waals surface area contributed by atoms with Crippen LogP contribution in [0.25, 0.3) is 0 Å². The smallest absolute Gasteiger partial charge is 0.141 e. The van der Waals surface area contributed by atoms with Crippen LogP contribution >= 0.6 is 0 Å². The Bertz CT molecular complexity index is 161. The molecule has 1 heterocycles.